The molecule has 6 nitrogen and oxygen atoms in total. The molecule has 1 saturated carbocycles. The Balaban J connectivity index is 1.19. The summed E-state index contributed by atoms with van der Waals surface area (Å²) < 4.78 is 13.0. The van der Waals surface area contributed by atoms with Gasteiger partial charge in [-0.05, 0) is 18.4 Å². The van der Waals surface area contributed by atoms with E-state index in [-0.39, 0.29) is 12.1 Å². The molecule has 1 atom stereocenters. The molecule has 3 aliphatic heterocycles. The van der Waals surface area contributed by atoms with E-state index in [1.165, 1.54) is 12.8 Å². The van der Waals surface area contributed by atoms with Gasteiger partial charge in [-0.3, -0.25) is 4.79 Å². The van der Waals surface area contributed by atoms with E-state index in [0.717, 1.165) is 73.8 Å². The maximum atomic E-state index is 14.0. The zero-order valence-electron chi connectivity index (χ0n) is 21.0. The highest BCUT2D eigenvalue weighted by molar-refractivity contribution is 5.83. The van der Waals surface area contributed by atoms with Crippen LogP contribution in [0.25, 0.3) is 11.4 Å². The molecule has 4 aliphatic rings. The highest BCUT2D eigenvalue weighted by Gasteiger charge is 2.51. The van der Waals surface area contributed by atoms with Gasteiger partial charge in [-0.2, -0.15) is 4.98 Å². The molecule has 4 heterocycles. The Morgan fingerprint density at radius 3 is 2.31 bits per heavy atom. The Morgan fingerprint density at radius 2 is 1.61 bits per heavy atom. The van der Waals surface area contributed by atoms with Crippen LogP contribution in [0.2, 0.25) is 0 Å². The van der Waals surface area contributed by atoms with Gasteiger partial charge in [0.05, 0.1) is 18.5 Å². The van der Waals surface area contributed by atoms with E-state index in [9.17, 15) is 4.79 Å². The third kappa shape index (κ3) is 4.47. The average Bonchev–Trinajstić information content (AvgIpc) is 3.23. The lowest BCUT2D eigenvalue weighted by atomic mass is 9.74. The van der Waals surface area contributed by atoms with E-state index in [4.69, 9.17) is 14.2 Å². The van der Waals surface area contributed by atoms with Crippen molar-refractivity contribution >= 4 is 5.97 Å². The van der Waals surface area contributed by atoms with Gasteiger partial charge in [0, 0.05) is 24.3 Å². The van der Waals surface area contributed by atoms with E-state index in [1.54, 1.807) is 0 Å². The second-order valence-corrected chi connectivity index (χ2v) is 11.2. The summed E-state index contributed by atoms with van der Waals surface area (Å²) in [5, 5.41) is 4.23. The lowest BCUT2D eigenvalue weighted by molar-refractivity contribution is -0.959. The Morgan fingerprint density at radius 1 is 0.944 bits per heavy atom. The quantitative estimate of drug-likeness (QED) is 0.255. The number of ether oxygens (including phenoxy) is 1. The monoisotopic (exact) mass is 486 g/mol. The molecular formula is C30H36N3O3+. The van der Waals surface area contributed by atoms with E-state index in [0.29, 0.717) is 24.2 Å². The van der Waals surface area contributed by atoms with Gasteiger partial charge in [0.15, 0.2) is 12.6 Å². The highest BCUT2D eigenvalue weighted by Crippen LogP contribution is 2.42. The zero-order chi connectivity index (χ0) is 24.4. The summed E-state index contributed by atoms with van der Waals surface area (Å²) in [6, 6.07) is 20.3. The van der Waals surface area contributed by atoms with Crippen molar-refractivity contribution in [1.82, 2.24) is 10.1 Å². The fourth-order valence-electron chi connectivity index (χ4n) is 6.84. The standard InChI is InChI=1S/C30H36N3O3/c34-29(30(17-9-1-2-10-18-30)25-13-7-4-8-14-25)35-26-21-33(19-15-23(26)16-20-33)22-27-31-28(32-36-27)24-11-5-3-6-12-24/h3-8,11-14,23,26H,1-2,9-10,15-22H2/q+1/t23?,26-,33?/m0/s1. The minimum absolute atomic E-state index is 0.00310. The first-order valence-electron chi connectivity index (χ1n) is 13.7. The molecule has 4 fully saturated rings. The Kier molecular flexibility index (Phi) is 6.38. The maximum Gasteiger partial charge on any atom is 0.317 e. The van der Waals surface area contributed by atoms with Gasteiger partial charge in [0.25, 0.3) is 5.89 Å². The lowest BCUT2D eigenvalue weighted by Gasteiger charge is -2.51. The summed E-state index contributed by atoms with van der Waals surface area (Å²) >= 11 is 0. The van der Waals surface area contributed by atoms with Crippen LogP contribution in [0.3, 0.4) is 0 Å². The van der Waals surface area contributed by atoms with Crippen molar-refractivity contribution in [2.45, 2.75) is 69.4 Å². The number of benzene rings is 2. The Labute approximate surface area is 213 Å². The molecule has 2 aromatic carbocycles. The van der Waals surface area contributed by atoms with Gasteiger partial charge in [0.1, 0.15) is 6.54 Å². The van der Waals surface area contributed by atoms with Crippen molar-refractivity contribution in [2.75, 3.05) is 19.6 Å². The van der Waals surface area contributed by atoms with E-state index in [1.807, 2.05) is 36.4 Å². The summed E-state index contributed by atoms with van der Waals surface area (Å²) in [6.07, 6.45) is 8.45. The lowest BCUT2D eigenvalue weighted by Crippen LogP contribution is -2.64. The van der Waals surface area contributed by atoms with E-state index in [2.05, 4.69) is 29.4 Å². The highest BCUT2D eigenvalue weighted by atomic mass is 16.5. The average molecular weight is 487 g/mol. The molecule has 1 aliphatic carbocycles. The summed E-state index contributed by atoms with van der Waals surface area (Å²) in [7, 11) is 0. The van der Waals surface area contributed by atoms with Crippen LogP contribution in [-0.4, -0.2) is 46.3 Å². The van der Waals surface area contributed by atoms with Crippen LogP contribution in [0, 0.1) is 5.92 Å². The molecule has 0 amide bonds. The first-order chi connectivity index (χ1) is 17.7. The van der Waals surface area contributed by atoms with Crippen molar-refractivity contribution in [3.8, 4) is 11.4 Å². The molecule has 188 valence electrons. The van der Waals surface area contributed by atoms with Gasteiger partial charge in [-0.1, -0.05) is 91.5 Å². The summed E-state index contributed by atoms with van der Waals surface area (Å²) in [4.78, 5) is 18.7. The smallest absolute Gasteiger partial charge is 0.317 e. The molecule has 0 spiro atoms. The number of hydrogen-bond donors (Lipinski definition) is 0. The maximum absolute atomic E-state index is 14.0. The van der Waals surface area contributed by atoms with E-state index < -0.39 is 5.41 Å². The first kappa shape index (κ1) is 23.4. The van der Waals surface area contributed by atoms with Crippen LogP contribution >= 0.6 is 0 Å². The normalized spacial score (nSPS) is 27.3. The van der Waals surface area contributed by atoms with Gasteiger partial charge in [-0.15, -0.1) is 0 Å². The zero-order valence-corrected chi connectivity index (χ0v) is 21.0. The first-order valence-corrected chi connectivity index (χ1v) is 13.7. The van der Waals surface area contributed by atoms with Crippen LogP contribution < -0.4 is 0 Å². The largest absolute Gasteiger partial charge is 0.455 e. The molecular weight excluding hydrogens is 450 g/mol. The van der Waals surface area contributed by atoms with Crippen LogP contribution in [-0.2, 0) is 21.5 Å². The van der Waals surface area contributed by atoms with Crippen molar-refractivity contribution in [1.29, 1.82) is 0 Å². The molecule has 6 heteroatoms. The Hall–Kier alpha value is -2.99. The number of carbonyl (C=O) groups excluding carboxylic acids is 1. The van der Waals surface area contributed by atoms with Crippen molar-refractivity contribution in [3.05, 3.63) is 72.1 Å². The van der Waals surface area contributed by atoms with Crippen LogP contribution in [0.15, 0.2) is 65.2 Å². The van der Waals surface area contributed by atoms with Crippen LogP contribution in [0.4, 0.5) is 0 Å². The fraction of sp³-hybridized carbons (Fsp3) is 0.500. The molecule has 0 N–H and O–H groups in total. The molecule has 1 aromatic heterocycles. The summed E-state index contributed by atoms with van der Waals surface area (Å²) in [5.41, 5.74) is 1.58. The van der Waals surface area contributed by atoms with Crippen LogP contribution in [0.1, 0.15) is 62.8 Å². The molecule has 2 bridgehead atoms. The number of carbonyl (C=O) groups is 1. The Bertz CT molecular complexity index is 1160. The topological polar surface area (TPSA) is 65.2 Å². The molecule has 7 rings (SSSR count). The second-order valence-electron chi connectivity index (χ2n) is 11.2. The number of aromatic nitrogens is 2. The van der Waals surface area contributed by atoms with E-state index >= 15 is 0 Å². The predicted octanol–water partition coefficient (Wildman–Crippen LogP) is 5.68. The third-order valence-electron chi connectivity index (χ3n) is 8.94. The number of esters is 1. The number of rotatable bonds is 6. The summed E-state index contributed by atoms with van der Waals surface area (Å²) in [6.45, 7) is 3.69. The van der Waals surface area contributed by atoms with Crippen LogP contribution in [0.5, 0.6) is 0 Å². The van der Waals surface area contributed by atoms with Crippen molar-refractivity contribution < 1.29 is 18.5 Å². The number of piperidine rings is 3. The SMILES string of the molecule is O=C(O[C@H]1C[N+]2(Cc3nc(-c4ccccc4)no3)CCC1CC2)C1(c2ccccc2)CCCCCC1. The van der Waals surface area contributed by atoms with Gasteiger partial charge >= 0.3 is 5.97 Å². The minimum Gasteiger partial charge on any atom is -0.455 e. The second kappa shape index (κ2) is 9.81. The third-order valence-corrected chi connectivity index (χ3v) is 8.94. The van der Waals surface area contributed by atoms with Crippen molar-refractivity contribution in [3.63, 3.8) is 0 Å². The van der Waals surface area contributed by atoms with Gasteiger partial charge in [0.2, 0.25) is 5.82 Å². The molecule has 0 radical (unpaired) electrons. The van der Waals surface area contributed by atoms with Crippen molar-refractivity contribution in [2.24, 2.45) is 5.92 Å². The molecule has 3 aromatic rings. The number of quaternary nitrogens is 1. The molecule has 0 unspecified atom stereocenters. The minimum atomic E-state index is -0.508. The molecule has 36 heavy (non-hydrogen) atoms. The number of hydrogen-bond acceptors (Lipinski definition) is 5. The van der Waals surface area contributed by atoms with Gasteiger partial charge < -0.3 is 13.7 Å². The predicted molar refractivity (Wildman–Crippen MR) is 137 cm³/mol. The number of nitrogens with zero attached hydrogens (tertiary/aromatic N) is 3. The fourth-order valence-corrected chi connectivity index (χ4v) is 6.84. The summed E-state index contributed by atoms with van der Waals surface area (Å²) in [5.74, 6) is 1.76. The molecule has 3 saturated heterocycles. The number of fused-ring (bicyclic) bond motifs is 3. The van der Waals surface area contributed by atoms with Gasteiger partial charge in [-0.25, -0.2) is 0 Å².